The van der Waals surface area contributed by atoms with Gasteiger partial charge in [-0.2, -0.15) is 0 Å². The van der Waals surface area contributed by atoms with E-state index in [-0.39, 0.29) is 4.90 Å². The number of rotatable bonds is 3. The van der Waals surface area contributed by atoms with E-state index in [1.165, 1.54) is 17.4 Å². The summed E-state index contributed by atoms with van der Waals surface area (Å²) in [7, 11) is -3.43. The molecule has 1 saturated heterocycles. The lowest BCUT2D eigenvalue weighted by Crippen LogP contribution is -2.29. The fourth-order valence-corrected chi connectivity index (χ4v) is 5.39. The molecule has 0 spiro atoms. The maximum absolute atomic E-state index is 12.9. The van der Waals surface area contributed by atoms with Gasteiger partial charge in [-0.15, -0.1) is 0 Å². The number of hydrogen-bond acceptors (Lipinski definition) is 7. The highest BCUT2D eigenvalue weighted by Crippen LogP contribution is 2.35. The predicted molar refractivity (Wildman–Crippen MR) is 92.1 cm³/mol. The molecule has 3 rings (SSSR count). The first-order valence-electron chi connectivity index (χ1n) is 7.33. The van der Waals surface area contributed by atoms with Crippen LogP contribution >= 0.6 is 11.3 Å². The van der Waals surface area contributed by atoms with Crippen LogP contribution in [0.2, 0.25) is 0 Å². The van der Waals surface area contributed by atoms with Crippen LogP contribution in [0.3, 0.4) is 0 Å². The van der Waals surface area contributed by atoms with Gasteiger partial charge in [0, 0.05) is 18.9 Å². The van der Waals surface area contributed by atoms with Crippen molar-refractivity contribution in [2.24, 2.45) is 0 Å². The van der Waals surface area contributed by atoms with Gasteiger partial charge < -0.3 is 16.2 Å². The molecule has 6 nitrogen and oxygen atoms in total. The Morgan fingerprint density at radius 2 is 1.91 bits per heavy atom. The van der Waals surface area contributed by atoms with Crippen LogP contribution in [0.15, 0.2) is 23.1 Å². The number of ether oxygens (including phenoxy) is 1. The summed E-state index contributed by atoms with van der Waals surface area (Å²) in [6.45, 7) is 2.80. The Labute approximate surface area is 139 Å². The SMILES string of the molecule is Cc1nc(N)sc1-c1cc(N)cc(S(=O)(=O)C2CCOCC2)c1. The minimum Gasteiger partial charge on any atom is -0.399 e. The molecule has 1 fully saturated rings. The minimum absolute atomic E-state index is 0.255. The topological polar surface area (TPSA) is 108 Å². The summed E-state index contributed by atoms with van der Waals surface area (Å²) < 4.78 is 31.0. The molecule has 0 radical (unpaired) electrons. The minimum atomic E-state index is -3.43. The van der Waals surface area contributed by atoms with E-state index in [4.69, 9.17) is 16.2 Å². The third kappa shape index (κ3) is 3.19. The molecule has 2 aromatic rings. The lowest BCUT2D eigenvalue weighted by atomic mass is 10.1. The van der Waals surface area contributed by atoms with Crippen molar-refractivity contribution >= 4 is 32.0 Å². The molecule has 0 unspecified atom stereocenters. The molecule has 0 aliphatic carbocycles. The molecule has 0 bridgehead atoms. The summed E-state index contributed by atoms with van der Waals surface area (Å²) in [6.07, 6.45) is 1.03. The van der Waals surface area contributed by atoms with Crippen molar-refractivity contribution in [2.75, 3.05) is 24.7 Å². The van der Waals surface area contributed by atoms with Crippen molar-refractivity contribution in [2.45, 2.75) is 29.9 Å². The van der Waals surface area contributed by atoms with Crippen molar-refractivity contribution < 1.29 is 13.2 Å². The number of aryl methyl sites for hydroxylation is 1. The molecule has 4 N–H and O–H groups in total. The van der Waals surface area contributed by atoms with E-state index < -0.39 is 15.1 Å². The highest BCUT2D eigenvalue weighted by Gasteiger charge is 2.30. The zero-order valence-electron chi connectivity index (χ0n) is 12.8. The van der Waals surface area contributed by atoms with Crippen LogP contribution in [0.4, 0.5) is 10.8 Å². The van der Waals surface area contributed by atoms with Gasteiger partial charge in [-0.05, 0) is 43.5 Å². The first kappa shape index (κ1) is 16.2. The molecule has 124 valence electrons. The van der Waals surface area contributed by atoms with Crippen LogP contribution in [0, 0.1) is 6.92 Å². The summed E-state index contributed by atoms with van der Waals surface area (Å²) in [6, 6.07) is 4.94. The van der Waals surface area contributed by atoms with Gasteiger partial charge in [0.15, 0.2) is 15.0 Å². The van der Waals surface area contributed by atoms with Crippen molar-refractivity contribution in [3.63, 3.8) is 0 Å². The van der Waals surface area contributed by atoms with Crippen molar-refractivity contribution in [3.05, 3.63) is 23.9 Å². The molecule has 23 heavy (non-hydrogen) atoms. The number of anilines is 2. The number of sulfone groups is 1. The third-order valence-corrected chi connectivity index (χ3v) is 7.22. The molecule has 0 amide bonds. The normalized spacial score (nSPS) is 16.6. The van der Waals surface area contributed by atoms with Gasteiger partial charge in [0.05, 0.1) is 20.7 Å². The van der Waals surface area contributed by atoms with E-state index in [0.29, 0.717) is 36.9 Å². The van der Waals surface area contributed by atoms with E-state index in [1.54, 1.807) is 12.1 Å². The van der Waals surface area contributed by atoms with Crippen LogP contribution in [0.5, 0.6) is 0 Å². The second-order valence-electron chi connectivity index (χ2n) is 5.61. The molecule has 0 saturated carbocycles. The fourth-order valence-electron chi connectivity index (χ4n) is 2.78. The molecule has 8 heteroatoms. The van der Waals surface area contributed by atoms with Crippen LogP contribution in [0.25, 0.3) is 10.4 Å². The van der Waals surface area contributed by atoms with E-state index in [2.05, 4.69) is 4.98 Å². The van der Waals surface area contributed by atoms with Gasteiger partial charge in [-0.25, -0.2) is 13.4 Å². The summed E-state index contributed by atoms with van der Waals surface area (Å²) in [5.74, 6) is 0. The molecular formula is C15H19N3O3S2. The number of thiazole rings is 1. The van der Waals surface area contributed by atoms with Gasteiger partial charge in [-0.3, -0.25) is 0 Å². The number of aromatic nitrogens is 1. The molecule has 1 aromatic carbocycles. The van der Waals surface area contributed by atoms with E-state index in [9.17, 15) is 8.42 Å². The molecule has 1 aromatic heterocycles. The molecule has 0 atom stereocenters. The highest BCUT2D eigenvalue weighted by molar-refractivity contribution is 7.92. The van der Waals surface area contributed by atoms with E-state index in [1.807, 2.05) is 6.92 Å². The second-order valence-corrected chi connectivity index (χ2v) is 8.87. The number of nitrogens with two attached hydrogens (primary N) is 2. The maximum Gasteiger partial charge on any atom is 0.181 e. The van der Waals surface area contributed by atoms with Crippen molar-refractivity contribution in [1.29, 1.82) is 0 Å². The highest BCUT2D eigenvalue weighted by atomic mass is 32.2. The van der Waals surface area contributed by atoms with Gasteiger partial charge in [0.2, 0.25) is 0 Å². The Morgan fingerprint density at radius 3 is 2.52 bits per heavy atom. The largest absolute Gasteiger partial charge is 0.399 e. The number of nitrogen functional groups attached to an aromatic ring is 2. The molecule has 1 aliphatic heterocycles. The summed E-state index contributed by atoms with van der Waals surface area (Å²) in [5, 5.41) is 0.0345. The van der Waals surface area contributed by atoms with E-state index in [0.717, 1.165) is 16.1 Å². The van der Waals surface area contributed by atoms with Crippen LogP contribution < -0.4 is 11.5 Å². The Bertz CT molecular complexity index is 824. The van der Waals surface area contributed by atoms with Crippen LogP contribution in [-0.2, 0) is 14.6 Å². The van der Waals surface area contributed by atoms with Gasteiger partial charge in [0.25, 0.3) is 0 Å². The molecular weight excluding hydrogens is 334 g/mol. The maximum atomic E-state index is 12.9. The fraction of sp³-hybridized carbons (Fsp3) is 0.400. The zero-order valence-corrected chi connectivity index (χ0v) is 14.4. The monoisotopic (exact) mass is 353 g/mol. The Kier molecular flexibility index (Phi) is 4.31. The molecule has 1 aliphatic rings. The van der Waals surface area contributed by atoms with Crippen LogP contribution in [0.1, 0.15) is 18.5 Å². The van der Waals surface area contributed by atoms with Crippen molar-refractivity contribution in [1.82, 2.24) is 4.98 Å². The Balaban J connectivity index is 2.05. The number of hydrogen-bond donors (Lipinski definition) is 2. The smallest absolute Gasteiger partial charge is 0.181 e. The Morgan fingerprint density at radius 1 is 1.22 bits per heavy atom. The van der Waals surface area contributed by atoms with Gasteiger partial charge >= 0.3 is 0 Å². The van der Waals surface area contributed by atoms with Crippen LogP contribution in [-0.4, -0.2) is 31.9 Å². The lowest BCUT2D eigenvalue weighted by Gasteiger charge is -2.22. The Hall–Kier alpha value is -1.64. The lowest BCUT2D eigenvalue weighted by molar-refractivity contribution is 0.0983. The first-order valence-corrected chi connectivity index (χ1v) is 9.69. The summed E-state index contributed by atoms with van der Waals surface area (Å²) in [5.41, 5.74) is 13.6. The number of nitrogens with zero attached hydrogens (tertiary/aromatic N) is 1. The van der Waals surface area contributed by atoms with E-state index >= 15 is 0 Å². The average molecular weight is 353 g/mol. The quantitative estimate of drug-likeness (QED) is 0.819. The standard InChI is InChI=1S/C15H19N3O3S2/c1-9-14(22-15(17)18-9)10-6-11(16)8-13(7-10)23(19,20)12-2-4-21-5-3-12/h6-8,12H,2-5,16H2,1H3,(H2,17,18). The average Bonchev–Trinajstić information content (AvgIpc) is 2.86. The van der Waals surface area contributed by atoms with Gasteiger partial charge in [-0.1, -0.05) is 11.3 Å². The first-order chi connectivity index (χ1) is 10.9. The number of benzene rings is 1. The second kappa shape index (κ2) is 6.10. The van der Waals surface area contributed by atoms with Gasteiger partial charge in [0.1, 0.15) is 0 Å². The van der Waals surface area contributed by atoms with Crippen molar-refractivity contribution in [3.8, 4) is 10.4 Å². The summed E-state index contributed by atoms with van der Waals surface area (Å²) >= 11 is 1.33. The summed E-state index contributed by atoms with van der Waals surface area (Å²) in [4.78, 5) is 5.29. The molecule has 2 heterocycles. The zero-order chi connectivity index (χ0) is 16.6. The predicted octanol–water partition coefficient (Wildman–Crippen LogP) is 2.24. The third-order valence-electron chi connectivity index (χ3n) is 3.94.